The van der Waals surface area contributed by atoms with Crippen LogP contribution in [0.3, 0.4) is 0 Å². The highest BCUT2D eigenvalue weighted by Gasteiger charge is 2.16. The van der Waals surface area contributed by atoms with E-state index in [0.717, 1.165) is 19.6 Å². The first-order valence-corrected chi connectivity index (χ1v) is 6.84. The van der Waals surface area contributed by atoms with Crippen LogP contribution in [0.2, 0.25) is 0 Å². The zero-order chi connectivity index (χ0) is 12.7. The SMILES string of the molecule is CC(C)CNC(=O)C(C)NCC1CCCCN1. The van der Waals surface area contributed by atoms with Crippen LogP contribution in [0.5, 0.6) is 0 Å². The van der Waals surface area contributed by atoms with Gasteiger partial charge in [-0.2, -0.15) is 0 Å². The molecule has 1 amide bonds. The molecule has 1 saturated heterocycles. The zero-order valence-corrected chi connectivity index (χ0v) is 11.4. The number of hydrogen-bond donors (Lipinski definition) is 3. The second-order valence-corrected chi connectivity index (χ2v) is 5.42. The molecule has 1 fully saturated rings. The molecule has 100 valence electrons. The number of hydrogen-bond acceptors (Lipinski definition) is 3. The Morgan fingerprint density at radius 1 is 1.35 bits per heavy atom. The summed E-state index contributed by atoms with van der Waals surface area (Å²) in [6, 6.07) is 0.432. The van der Waals surface area contributed by atoms with Gasteiger partial charge >= 0.3 is 0 Å². The average Bonchev–Trinajstić information content (AvgIpc) is 2.34. The van der Waals surface area contributed by atoms with Gasteiger partial charge in [-0.05, 0) is 32.2 Å². The van der Waals surface area contributed by atoms with Crippen LogP contribution in [0.1, 0.15) is 40.0 Å². The highest BCUT2D eigenvalue weighted by Crippen LogP contribution is 2.05. The molecule has 0 saturated carbocycles. The second-order valence-electron chi connectivity index (χ2n) is 5.42. The van der Waals surface area contributed by atoms with Crippen molar-refractivity contribution in [1.29, 1.82) is 0 Å². The van der Waals surface area contributed by atoms with E-state index in [1.165, 1.54) is 19.3 Å². The first-order valence-electron chi connectivity index (χ1n) is 6.84. The van der Waals surface area contributed by atoms with E-state index in [1.54, 1.807) is 0 Å². The Bertz CT molecular complexity index is 225. The van der Waals surface area contributed by atoms with Crippen molar-refractivity contribution in [2.75, 3.05) is 19.6 Å². The summed E-state index contributed by atoms with van der Waals surface area (Å²) in [4.78, 5) is 11.7. The van der Waals surface area contributed by atoms with Gasteiger partial charge in [-0.15, -0.1) is 0 Å². The standard InChI is InChI=1S/C13H27N3O/c1-10(2)8-16-13(17)11(3)15-9-12-6-4-5-7-14-12/h10-12,14-15H,4-9H2,1-3H3,(H,16,17). The smallest absolute Gasteiger partial charge is 0.236 e. The van der Waals surface area contributed by atoms with E-state index >= 15 is 0 Å². The van der Waals surface area contributed by atoms with Gasteiger partial charge in [-0.1, -0.05) is 20.3 Å². The third kappa shape index (κ3) is 6.03. The monoisotopic (exact) mass is 241 g/mol. The number of piperidine rings is 1. The van der Waals surface area contributed by atoms with Crippen molar-refractivity contribution in [3.05, 3.63) is 0 Å². The fourth-order valence-electron chi connectivity index (χ4n) is 1.97. The number of amides is 1. The minimum atomic E-state index is -0.0996. The summed E-state index contributed by atoms with van der Waals surface area (Å²) < 4.78 is 0. The fourth-order valence-corrected chi connectivity index (χ4v) is 1.97. The van der Waals surface area contributed by atoms with E-state index in [9.17, 15) is 4.79 Å². The van der Waals surface area contributed by atoms with Crippen molar-refractivity contribution in [2.45, 2.75) is 52.1 Å². The third-order valence-corrected chi connectivity index (χ3v) is 3.16. The lowest BCUT2D eigenvalue weighted by Gasteiger charge is -2.25. The molecular weight excluding hydrogens is 214 g/mol. The Kier molecular flexibility index (Phi) is 6.52. The average molecular weight is 241 g/mol. The van der Waals surface area contributed by atoms with E-state index in [4.69, 9.17) is 0 Å². The maximum absolute atomic E-state index is 11.7. The van der Waals surface area contributed by atoms with Gasteiger partial charge in [-0.25, -0.2) is 0 Å². The lowest BCUT2D eigenvalue weighted by atomic mass is 10.0. The van der Waals surface area contributed by atoms with Gasteiger partial charge in [0, 0.05) is 19.1 Å². The van der Waals surface area contributed by atoms with Gasteiger partial charge in [0.25, 0.3) is 0 Å². The Balaban J connectivity index is 2.14. The minimum absolute atomic E-state index is 0.0996. The molecule has 4 heteroatoms. The normalized spacial score (nSPS) is 22.5. The maximum Gasteiger partial charge on any atom is 0.236 e. The Morgan fingerprint density at radius 2 is 2.12 bits per heavy atom. The molecular formula is C13H27N3O. The number of rotatable bonds is 6. The Hall–Kier alpha value is -0.610. The van der Waals surface area contributed by atoms with Crippen LogP contribution in [0.15, 0.2) is 0 Å². The van der Waals surface area contributed by atoms with Gasteiger partial charge in [0.15, 0.2) is 0 Å². The largest absolute Gasteiger partial charge is 0.354 e. The summed E-state index contributed by atoms with van der Waals surface area (Å²) in [5.41, 5.74) is 0. The molecule has 1 heterocycles. The molecule has 4 nitrogen and oxygen atoms in total. The van der Waals surface area contributed by atoms with E-state index < -0.39 is 0 Å². The van der Waals surface area contributed by atoms with Crippen LogP contribution < -0.4 is 16.0 Å². The minimum Gasteiger partial charge on any atom is -0.354 e. The first kappa shape index (κ1) is 14.5. The van der Waals surface area contributed by atoms with E-state index in [0.29, 0.717) is 12.0 Å². The highest BCUT2D eigenvalue weighted by molar-refractivity contribution is 5.81. The van der Waals surface area contributed by atoms with Gasteiger partial charge in [0.05, 0.1) is 6.04 Å². The molecule has 2 unspecified atom stereocenters. The number of carbonyl (C=O) groups is 1. The summed E-state index contributed by atoms with van der Waals surface area (Å²) in [7, 11) is 0. The van der Waals surface area contributed by atoms with Crippen molar-refractivity contribution in [2.24, 2.45) is 5.92 Å². The van der Waals surface area contributed by atoms with Crippen molar-refractivity contribution in [1.82, 2.24) is 16.0 Å². The molecule has 0 aliphatic carbocycles. The second kappa shape index (κ2) is 7.67. The van der Waals surface area contributed by atoms with Crippen LogP contribution in [0.4, 0.5) is 0 Å². The molecule has 0 aromatic rings. The van der Waals surface area contributed by atoms with Gasteiger partial charge in [0.2, 0.25) is 5.91 Å². The van der Waals surface area contributed by atoms with E-state index in [2.05, 4.69) is 29.8 Å². The molecule has 2 atom stereocenters. The fraction of sp³-hybridized carbons (Fsp3) is 0.923. The predicted molar refractivity (Wildman–Crippen MR) is 71.0 cm³/mol. The van der Waals surface area contributed by atoms with Gasteiger partial charge in [0.1, 0.15) is 0 Å². The molecule has 0 aromatic heterocycles. The lowest BCUT2D eigenvalue weighted by molar-refractivity contribution is -0.122. The molecule has 0 aromatic carbocycles. The molecule has 1 aliphatic rings. The Morgan fingerprint density at radius 3 is 2.71 bits per heavy atom. The van der Waals surface area contributed by atoms with Crippen LogP contribution in [-0.4, -0.2) is 37.6 Å². The van der Waals surface area contributed by atoms with Crippen LogP contribution >= 0.6 is 0 Å². The molecule has 1 aliphatic heterocycles. The molecule has 0 bridgehead atoms. The van der Waals surface area contributed by atoms with Crippen molar-refractivity contribution >= 4 is 5.91 Å². The molecule has 0 spiro atoms. The summed E-state index contributed by atoms with van der Waals surface area (Å²) in [6.45, 7) is 8.89. The van der Waals surface area contributed by atoms with E-state index in [1.807, 2.05) is 6.92 Å². The summed E-state index contributed by atoms with van der Waals surface area (Å²) in [6.07, 6.45) is 3.79. The topological polar surface area (TPSA) is 53.2 Å². The first-order chi connectivity index (χ1) is 8.09. The van der Waals surface area contributed by atoms with Crippen molar-refractivity contribution < 1.29 is 4.79 Å². The predicted octanol–water partition coefficient (Wildman–Crippen LogP) is 0.879. The molecule has 17 heavy (non-hydrogen) atoms. The molecule has 3 N–H and O–H groups in total. The van der Waals surface area contributed by atoms with Gasteiger partial charge < -0.3 is 16.0 Å². The summed E-state index contributed by atoms with van der Waals surface area (Å²) in [5, 5.41) is 9.72. The zero-order valence-electron chi connectivity index (χ0n) is 11.4. The van der Waals surface area contributed by atoms with Crippen molar-refractivity contribution in [3.63, 3.8) is 0 Å². The van der Waals surface area contributed by atoms with E-state index in [-0.39, 0.29) is 11.9 Å². The van der Waals surface area contributed by atoms with Gasteiger partial charge in [-0.3, -0.25) is 4.79 Å². The van der Waals surface area contributed by atoms with Crippen LogP contribution in [0, 0.1) is 5.92 Å². The maximum atomic E-state index is 11.7. The van der Waals surface area contributed by atoms with Crippen LogP contribution in [-0.2, 0) is 4.79 Å². The lowest BCUT2D eigenvalue weighted by Crippen LogP contribution is -2.49. The third-order valence-electron chi connectivity index (χ3n) is 3.16. The summed E-state index contributed by atoms with van der Waals surface area (Å²) >= 11 is 0. The quantitative estimate of drug-likeness (QED) is 0.647. The van der Waals surface area contributed by atoms with Crippen molar-refractivity contribution in [3.8, 4) is 0 Å². The number of nitrogens with one attached hydrogen (secondary N) is 3. The van der Waals surface area contributed by atoms with Crippen LogP contribution in [0.25, 0.3) is 0 Å². The highest BCUT2D eigenvalue weighted by atomic mass is 16.2. The molecule has 1 rings (SSSR count). The number of carbonyl (C=O) groups excluding carboxylic acids is 1. The Labute approximate surface area is 105 Å². The summed E-state index contributed by atoms with van der Waals surface area (Å²) in [5.74, 6) is 0.612. The molecule has 0 radical (unpaired) electrons.